The van der Waals surface area contributed by atoms with Gasteiger partial charge in [0.05, 0.1) is 5.56 Å². The molecule has 1 aromatic carbocycles. The summed E-state index contributed by atoms with van der Waals surface area (Å²) in [7, 11) is 0.825. The normalized spacial score (nSPS) is 17.1. The molecule has 116 valence electrons. The maximum Gasteiger partial charge on any atom is 0.264 e. The van der Waals surface area contributed by atoms with Crippen LogP contribution >= 0.6 is 22.3 Å². The molecular formula is C13H14Cl2FNO3S. The lowest BCUT2D eigenvalue weighted by molar-refractivity contribution is 0.0904. The molecule has 1 fully saturated rings. The van der Waals surface area contributed by atoms with Crippen LogP contribution in [0, 0.1) is 11.7 Å². The summed E-state index contributed by atoms with van der Waals surface area (Å²) in [6, 6.07) is 1.86. The molecule has 1 aromatic rings. The van der Waals surface area contributed by atoms with Crippen LogP contribution in [0.1, 0.15) is 36.5 Å². The highest BCUT2D eigenvalue weighted by atomic mass is 35.7. The van der Waals surface area contributed by atoms with E-state index in [4.69, 9.17) is 22.3 Å². The number of halogens is 3. The highest BCUT2D eigenvalue weighted by Gasteiger charge is 2.28. The average molecular weight is 354 g/mol. The van der Waals surface area contributed by atoms with Gasteiger partial charge in [-0.05, 0) is 37.8 Å². The topological polar surface area (TPSA) is 63.2 Å². The van der Waals surface area contributed by atoms with Crippen LogP contribution in [0.15, 0.2) is 17.0 Å². The lowest BCUT2D eigenvalue weighted by atomic mass is 9.80. The van der Waals surface area contributed by atoms with Crippen LogP contribution in [-0.4, -0.2) is 20.4 Å². The van der Waals surface area contributed by atoms with Crippen molar-refractivity contribution in [3.63, 3.8) is 0 Å². The third kappa shape index (κ3) is 3.67. The highest BCUT2D eigenvalue weighted by molar-refractivity contribution is 8.13. The molecule has 1 aliphatic rings. The van der Waals surface area contributed by atoms with Crippen LogP contribution < -0.4 is 5.32 Å². The smallest absolute Gasteiger partial charge is 0.264 e. The fourth-order valence-electron chi connectivity index (χ4n) is 2.25. The van der Waals surface area contributed by atoms with Crippen molar-refractivity contribution in [1.82, 2.24) is 5.32 Å². The number of carbonyl (C=O) groups is 1. The Bertz CT molecular complexity index is 674. The Labute approximate surface area is 132 Å². The van der Waals surface area contributed by atoms with E-state index in [0.717, 1.165) is 31.4 Å². The van der Waals surface area contributed by atoms with Gasteiger partial charge in [-0.25, -0.2) is 12.8 Å². The number of benzene rings is 1. The van der Waals surface area contributed by atoms with E-state index in [2.05, 4.69) is 5.32 Å². The first-order valence-electron chi connectivity index (χ1n) is 6.44. The molecule has 0 radical (unpaired) electrons. The van der Waals surface area contributed by atoms with E-state index < -0.39 is 31.2 Å². The summed E-state index contributed by atoms with van der Waals surface area (Å²) >= 11 is 5.74. The van der Waals surface area contributed by atoms with Crippen molar-refractivity contribution in [3.8, 4) is 0 Å². The molecule has 0 spiro atoms. The van der Waals surface area contributed by atoms with Gasteiger partial charge in [0.25, 0.3) is 15.0 Å². The third-order valence-electron chi connectivity index (χ3n) is 3.73. The fraction of sp³-hybridized carbons (Fsp3) is 0.462. The Kier molecular flexibility index (Phi) is 4.80. The van der Waals surface area contributed by atoms with E-state index in [0.29, 0.717) is 5.92 Å². The number of rotatable bonds is 4. The van der Waals surface area contributed by atoms with Crippen molar-refractivity contribution >= 4 is 37.2 Å². The summed E-state index contributed by atoms with van der Waals surface area (Å²) in [5.41, 5.74) is -0.423. The first kappa shape index (κ1) is 16.5. The molecule has 0 bridgehead atoms. The fourth-order valence-corrected chi connectivity index (χ4v) is 3.46. The lowest BCUT2D eigenvalue weighted by Crippen LogP contribution is -2.41. The quantitative estimate of drug-likeness (QED) is 0.844. The third-order valence-corrected chi connectivity index (χ3v) is 5.27. The summed E-state index contributed by atoms with van der Waals surface area (Å²) in [5.74, 6) is -1.52. The Morgan fingerprint density at radius 3 is 2.52 bits per heavy atom. The molecule has 1 amide bonds. The van der Waals surface area contributed by atoms with Crippen molar-refractivity contribution in [2.45, 2.75) is 37.1 Å². The number of carbonyl (C=O) groups excluding carboxylic acids is 1. The molecule has 1 unspecified atom stereocenters. The SMILES string of the molecule is CC(NC(=O)c1cc(Cl)cc(S(=O)(=O)Cl)c1F)C1CCC1. The second kappa shape index (κ2) is 6.10. The van der Waals surface area contributed by atoms with Gasteiger partial charge in [-0.15, -0.1) is 0 Å². The maximum absolute atomic E-state index is 14.2. The van der Waals surface area contributed by atoms with Gasteiger partial charge in [0.2, 0.25) is 0 Å². The van der Waals surface area contributed by atoms with Crippen LogP contribution in [0.5, 0.6) is 0 Å². The predicted octanol–water partition coefficient (Wildman–Crippen LogP) is 3.33. The Balaban J connectivity index is 2.30. The zero-order valence-corrected chi connectivity index (χ0v) is 13.5. The van der Waals surface area contributed by atoms with Gasteiger partial charge in [0.15, 0.2) is 5.82 Å². The van der Waals surface area contributed by atoms with Crippen LogP contribution in [0.25, 0.3) is 0 Å². The van der Waals surface area contributed by atoms with Gasteiger partial charge < -0.3 is 5.32 Å². The van der Waals surface area contributed by atoms with Gasteiger partial charge >= 0.3 is 0 Å². The van der Waals surface area contributed by atoms with E-state index in [1.807, 2.05) is 6.92 Å². The minimum absolute atomic E-state index is 0.0722. The first-order valence-corrected chi connectivity index (χ1v) is 9.13. The van der Waals surface area contributed by atoms with E-state index in [-0.39, 0.29) is 11.1 Å². The minimum atomic E-state index is -4.32. The molecule has 1 aliphatic carbocycles. The number of amides is 1. The summed E-state index contributed by atoms with van der Waals surface area (Å²) in [4.78, 5) is 11.3. The van der Waals surface area contributed by atoms with Crippen LogP contribution in [0.2, 0.25) is 5.02 Å². The molecule has 21 heavy (non-hydrogen) atoms. The summed E-state index contributed by atoms with van der Waals surface area (Å²) in [6.07, 6.45) is 3.15. The van der Waals surface area contributed by atoms with E-state index in [9.17, 15) is 17.6 Å². The molecule has 2 rings (SSSR count). The first-order chi connectivity index (χ1) is 9.70. The Morgan fingerprint density at radius 1 is 1.43 bits per heavy atom. The molecule has 1 atom stereocenters. The van der Waals surface area contributed by atoms with Gasteiger partial charge in [0, 0.05) is 21.7 Å². The number of nitrogens with one attached hydrogen (secondary N) is 1. The van der Waals surface area contributed by atoms with Gasteiger partial charge in [-0.2, -0.15) is 0 Å². The second-order valence-corrected chi connectivity index (χ2v) is 8.13. The van der Waals surface area contributed by atoms with E-state index >= 15 is 0 Å². The zero-order valence-electron chi connectivity index (χ0n) is 11.2. The summed E-state index contributed by atoms with van der Waals surface area (Å²) in [5, 5.41) is 2.60. The van der Waals surface area contributed by atoms with Gasteiger partial charge in [-0.3, -0.25) is 4.79 Å². The molecule has 4 nitrogen and oxygen atoms in total. The van der Waals surface area contributed by atoms with E-state index in [1.165, 1.54) is 0 Å². The summed E-state index contributed by atoms with van der Waals surface area (Å²) in [6.45, 7) is 1.84. The van der Waals surface area contributed by atoms with E-state index in [1.54, 1.807) is 0 Å². The van der Waals surface area contributed by atoms with Crippen molar-refractivity contribution in [1.29, 1.82) is 0 Å². The highest BCUT2D eigenvalue weighted by Crippen LogP contribution is 2.30. The van der Waals surface area contributed by atoms with Crippen molar-refractivity contribution in [3.05, 3.63) is 28.5 Å². The van der Waals surface area contributed by atoms with Crippen molar-refractivity contribution in [2.75, 3.05) is 0 Å². The lowest BCUT2D eigenvalue weighted by Gasteiger charge is -2.31. The van der Waals surface area contributed by atoms with Crippen molar-refractivity contribution in [2.24, 2.45) is 5.92 Å². The zero-order chi connectivity index (χ0) is 15.8. The maximum atomic E-state index is 14.2. The van der Waals surface area contributed by atoms with Gasteiger partial charge in [0.1, 0.15) is 4.90 Å². The van der Waals surface area contributed by atoms with Crippen molar-refractivity contribution < 1.29 is 17.6 Å². The van der Waals surface area contributed by atoms with Crippen LogP contribution in [0.3, 0.4) is 0 Å². The molecule has 0 heterocycles. The largest absolute Gasteiger partial charge is 0.349 e. The summed E-state index contributed by atoms with van der Waals surface area (Å²) < 4.78 is 36.8. The molecular weight excluding hydrogens is 340 g/mol. The standard InChI is InChI=1S/C13H14Cl2FNO3S/c1-7(8-3-2-4-8)17-13(18)10-5-9(14)6-11(12(10)16)21(15,19)20/h5-8H,2-4H2,1H3,(H,17,18). The molecule has 8 heteroatoms. The Morgan fingerprint density at radius 2 is 2.05 bits per heavy atom. The second-order valence-electron chi connectivity index (χ2n) is 5.16. The van der Waals surface area contributed by atoms with Crippen LogP contribution in [0.4, 0.5) is 4.39 Å². The van der Waals surface area contributed by atoms with Crippen LogP contribution in [-0.2, 0) is 9.05 Å². The predicted molar refractivity (Wildman–Crippen MR) is 78.7 cm³/mol. The molecule has 0 saturated heterocycles. The molecule has 0 aromatic heterocycles. The number of hydrogen-bond donors (Lipinski definition) is 1. The average Bonchev–Trinajstić information content (AvgIpc) is 2.27. The Hall–Kier alpha value is -0.850. The minimum Gasteiger partial charge on any atom is -0.349 e. The molecule has 1 saturated carbocycles. The monoisotopic (exact) mass is 353 g/mol. The number of hydrogen-bond acceptors (Lipinski definition) is 3. The molecule has 1 N–H and O–H groups in total. The van der Waals surface area contributed by atoms with Gasteiger partial charge in [-0.1, -0.05) is 18.0 Å². The molecule has 0 aliphatic heterocycles.